The summed E-state index contributed by atoms with van der Waals surface area (Å²) in [6.45, 7) is 27.3. The third-order valence-corrected chi connectivity index (χ3v) is 24.9. The van der Waals surface area contributed by atoms with Crippen molar-refractivity contribution in [3.05, 3.63) is 35.9 Å². The number of hydrogen-bond donors (Lipinski definition) is 1. The molecule has 8 nitrogen and oxygen atoms in total. The van der Waals surface area contributed by atoms with Crippen molar-refractivity contribution < 1.29 is 33.3 Å². The summed E-state index contributed by atoms with van der Waals surface area (Å²) in [4.78, 5) is 0. The quantitative estimate of drug-likeness (QED) is 0.0407. The Bertz CT molecular complexity index is 1180. The van der Waals surface area contributed by atoms with Gasteiger partial charge in [0, 0.05) is 25.9 Å². The van der Waals surface area contributed by atoms with Crippen LogP contribution in [0.1, 0.15) is 152 Å². The molecule has 2 heterocycles. The van der Waals surface area contributed by atoms with E-state index in [9.17, 15) is 0 Å². The number of unbranched alkanes of at least 4 members (excludes halogenated alkanes) is 3. The summed E-state index contributed by atoms with van der Waals surface area (Å²) in [6, 6.07) is 10.2. The fourth-order valence-electron chi connectivity index (χ4n) is 7.16. The molecule has 11 heteroatoms. The molecule has 1 aromatic rings. The second-order valence-electron chi connectivity index (χ2n) is 18.2. The van der Waals surface area contributed by atoms with E-state index in [1.54, 1.807) is 13.3 Å². The van der Waals surface area contributed by atoms with Crippen LogP contribution in [0.15, 0.2) is 35.5 Å². The first-order valence-electron chi connectivity index (χ1n) is 21.5. The van der Waals surface area contributed by atoms with Gasteiger partial charge in [0.1, 0.15) is 5.17 Å². The van der Waals surface area contributed by atoms with E-state index in [1.165, 1.54) is 44.1 Å². The van der Waals surface area contributed by atoms with Crippen LogP contribution in [0.3, 0.4) is 0 Å². The Balaban J connectivity index is 0.000000685. The Morgan fingerprint density at radius 1 is 0.855 bits per heavy atom. The van der Waals surface area contributed by atoms with Crippen LogP contribution in [-0.4, -0.2) is 87.2 Å². The number of hydrogen-bond acceptors (Lipinski definition) is 8. The summed E-state index contributed by atoms with van der Waals surface area (Å²) < 4.78 is 43.4. The minimum atomic E-state index is -2.13. The van der Waals surface area contributed by atoms with Crippen LogP contribution in [0.4, 0.5) is 0 Å². The molecular formula is C44H81ClNO7SiSn. The maximum absolute atomic E-state index is 9.14. The zero-order valence-electron chi connectivity index (χ0n) is 37.0. The second kappa shape index (κ2) is 25.4. The molecule has 3 rings (SSSR count). The average Bonchev–Trinajstić information content (AvgIpc) is 3.10. The Morgan fingerprint density at radius 3 is 1.91 bits per heavy atom. The van der Waals surface area contributed by atoms with Gasteiger partial charge < -0.3 is 33.3 Å². The predicted octanol–water partition coefficient (Wildman–Crippen LogP) is 12.9. The van der Waals surface area contributed by atoms with Crippen LogP contribution < -0.4 is 0 Å². The minimum absolute atomic E-state index is 0.0259. The monoisotopic (exact) mass is 918 g/mol. The first-order chi connectivity index (χ1) is 25.8. The molecule has 2 saturated heterocycles. The molecule has 0 aliphatic carbocycles. The average molecular weight is 918 g/mol. The summed E-state index contributed by atoms with van der Waals surface area (Å²) in [7, 11) is -2.13. The molecule has 1 radical (unpaired) electrons. The number of oxime groups is 1. The maximum atomic E-state index is 9.14. The molecule has 0 amide bonds. The van der Waals surface area contributed by atoms with Gasteiger partial charge in [0.15, 0.2) is 19.9 Å². The molecule has 2 fully saturated rings. The standard InChI is InChI=1S/C32H54ClNO7Si.3C4H9.Sn/c1-30(2,3)42(8,9)41-27(28-20-26(21-29(33)34-35)39-32(6,7)40-28)16-15-24-19-25(38-31(4,5)37-24)17-18-36-22-23-13-11-10-12-14-23;3*1-3-4-2;/h10-14,24-28,35H,15-22H2,1-9H3;3*1,3-4H2,2H3;/b34-29-;;;;/t24-,25+,26+,27-,28-;;;;/m1..../s1. The Labute approximate surface area is 350 Å². The van der Waals surface area contributed by atoms with Crippen molar-refractivity contribution in [2.45, 2.75) is 226 Å². The van der Waals surface area contributed by atoms with Crippen LogP contribution in [0.5, 0.6) is 0 Å². The van der Waals surface area contributed by atoms with Crippen LogP contribution in [0.25, 0.3) is 0 Å². The first-order valence-corrected chi connectivity index (χ1v) is 30.9. The third kappa shape index (κ3) is 20.5. The van der Waals surface area contributed by atoms with Gasteiger partial charge in [-0.3, -0.25) is 0 Å². The van der Waals surface area contributed by atoms with Crippen LogP contribution in [0, 0.1) is 0 Å². The van der Waals surface area contributed by atoms with Crippen LogP contribution >= 0.6 is 11.6 Å². The van der Waals surface area contributed by atoms with Crippen molar-refractivity contribution in [3.63, 3.8) is 0 Å². The van der Waals surface area contributed by atoms with E-state index in [2.05, 4.69) is 71.9 Å². The molecule has 0 spiro atoms. The molecule has 0 saturated carbocycles. The Hall–Kier alpha value is -0.244. The molecule has 1 N–H and O–H groups in total. The van der Waals surface area contributed by atoms with Crippen LogP contribution in [0.2, 0.25) is 31.4 Å². The summed E-state index contributed by atoms with van der Waals surface area (Å²) in [5.74, 6) is -1.50. The normalized spacial score (nSPS) is 23.6. The molecule has 2 aliphatic rings. The predicted molar refractivity (Wildman–Crippen MR) is 233 cm³/mol. The topological polar surface area (TPSA) is 88.0 Å². The van der Waals surface area contributed by atoms with Gasteiger partial charge in [-0.05, 0) is 70.7 Å². The van der Waals surface area contributed by atoms with Crippen molar-refractivity contribution >= 4 is 44.8 Å². The van der Waals surface area contributed by atoms with Gasteiger partial charge in [0.2, 0.25) is 0 Å². The van der Waals surface area contributed by atoms with Gasteiger partial charge in [-0.1, -0.05) is 67.9 Å². The van der Waals surface area contributed by atoms with E-state index in [0.29, 0.717) is 26.1 Å². The molecule has 55 heavy (non-hydrogen) atoms. The van der Waals surface area contributed by atoms with Gasteiger partial charge >= 0.3 is 92.4 Å². The number of halogens is 1. The van der Waals surface area contributed by atoms with Crippen molar-refractivity contribution in [2.24, 2.45) is 5.16 Å². The van der Waals surface area contributed by atoms with E-state index >= 15 is 0 Å². The molecule has 1 aromatic carbocycles. The summed E-state index contributed by atoms with van der Waals surface area (Å²) in [5.41, 5.74) is 1.17. The van der Waals surface area contributed by atoms with E-state index in [0.717, 1.165) is 25.7 Å². The number of rotatable bonds is 22. The van der Waals surface area contributed by atoms with Crippen molar-refractivity contribution in [3.8, 4) is 0 Å². The molecule has 319 valence electrons. The zero-order valence-corrected chi connectivity index (χ0v) is 41.6. The number of ether oxygens (including phenoxy) is 5. The molecular weight excluding hydrogens is 837 g/mol. The van der Waals surface area contributed by atoms with Crippen molar-refractivity contribution in [1.82, 2.24) is 0 Å². The fourth-order valence-corrected chi connectivity index (χ4v) is 18.2. The van der Waals surface area contributed by atoms with Crippen molar-refractivity contribution in [1.29, 1.82) is 0 Å². The molecule has 0 bridgehead atoms. The van der Waals surface area contributed by atoms with E-state index < -0.39 is 39.7 Å². The zero-order chi connectivity index (χ0) is 41.1. The van der Waals surface area contributed by atoms with E-state index in [4.69, 9.17) is 44.9 Å². The van der Waals surface area contributed by atoms with Gasteiger partial charge in [-0.15, -0.1) is 0 Å². The second-order valence-corrected chi connectivity index (χ2v) is 32.0. The van der Waals surface area contributed by atoms with Gasteiger partial charge in [0.25, 0.3) is 0 Å². The summed E-state index contributed by atoms with van der Waals surface area (Å²) in [5, 5.41) is 12.5. The van der Waals surface area contributed by atoms with Gasteiger partial charge in [-0.25, -0.2) is 0 Å². The van der Waals surface area contributed by atoms with Crippen LogP contribution in [-0.2, 0) is 34.7 Å². The Kier molecular flexibility index (Phi) is 23.5. The third-order valence-electron chi connectivity index (χ3n) is 11.1. The van der Waals surface area contributed by atoms with E-state index in [-0.39, 0.29) is 40.7 Å². The molecule has 0 unspecified atom stereocenters. The summed E-state index contributed by atoms with van der Waals surface area (Å²) in [6.07, 6.45) is 12.4. The van der Waals surface area contributed by atoms with Gasteiger partial charge in [0.05, 0.1) is 37.1 Å². The molecule has 5 atom stereocenters. The van der Waals surface area contributed by atoms with Crippen molar-refractivity contribution in [2.75, 3.05) is 6.61 Å². The van der Waals surface area contributed by atoms with E-state index in [1.807, 2.05) is 45.9 Å². The molecule has 2 aliphatic heterocycles. The fraction of sp³-hybridized carbons (Fsp3) is 0.841. The number of benzene rings is 1. The van der Waals surface area contributed by atoms with Gasteiger partial charge in [-0.2, -0.15) is 0 Å². The first kappa shape index (κ1) is 50.9. The number of nitrogens with zero attached hydrogens (tertiary/aromatic N) is 1. The Morgan fingerprint density at radius 2 is 1.38 bits per heavy atom. The SMILES string of the molecule is CC1(C)O[C@H](CC[C@@H](O[Si](C)(C)C(C)(C)C)[C@H]2C[C@@H](C/C(Cl)=N/O)OC(C)(C)O2)C[C@H](CCOCc2ccccc2)O1.CCC[CH2][Sn]([CH2]CCC)[CH2]CCC. The molecule has 0 aromatic heterocycles. The summed E-state index contributed by atoms with van der Waals surface area (Å²) >= 11 is 5.24.